The summed E-state index contributed by atoms with van der Waals surface area (Å²) in [6.07, 6.45) is 6.46. The van der Waals surface area contributed by atoms with E-state index in [-0.39, 0.29) is 52.4 Å². The second kappa shape index (κ2) is 14.8. The number of ketones is 1. The highest BCUT2D eigenvalue weighted by molar-refractivity contribution is 7.90. The number of likely N-dealkylation sites (tertiary alicyclic amines) is 1. The lowest BCUT2D eigenvalue weighted by Gasteiger charge is -2.37. The zero-order valence-electron chi connectivity index (χ0n) is 29.2. The van der Waals surface area contributed by atoms with Crippen LogP contribution >= 0.6 is 0 Å². The molecule has 49 heavy (non-hydrogen) atoms. The molecule has 1 heterocycles. The van der Waals surface area contributed by atoms with Gasteiger partial charge in [-0.3, -0.25) is 19.2 Å². The van der Waals surface area contributed by atoms with E-state index >= 15 is 0 Å². The molecule has 1 aromatic rings. The maximum atomic E-state index is 14.5. The van der Waals surface area contributed by atoms with E-state index in [0.717, 1.165) is 44.9 Å². The first-order chi connectivity index (χ1) is 23.1. The van der Waals surface area contributed by atoms with Gasteiger partial charge in [-0.05, 0) is 59.8 Å². The number of carbonyl (C=O) groups is 5. The summed E-state index contributed by atoms with van der Waals surface area (Å²) in [5.74, 6) is -3.37. The summed E-state index contributed by atoms with van der Waals surface area (Å²) in [7, 11) is -3.57. The molecule has 3 aliphatic carbocycles. The summed E-state index contributed by atoms with van der Waals surface area (Å²) in [4.78, 5) is 68.1. The number of nitrogens with zero attached hydrogens (tertiary/aromatic N) is 1. The van der Waals surface area contributed by atoms with Crippen LogP contribution in [0.15, 0.2) is 30.3 Å². The predicted molar refractivity (Wildman–Crippen MR) is 184 cm³/mol. The van der Waals surface area contributed by atoms with Crippen LogP contribution in [-0.4, -0.2) is 79.3 Å². The molecule has 0 bridgehead atoms. The van der Waals surface area contributed by atoms with Crippen LogP contribution in [0.3, 0.4) is 0 Å². The maximum absolute atomic E-state index is 14.5. The summed E-state index contributed by atoms with van der Waals surface area (Å²) in [5.41, 5.74) is 5.79. The van der Waals surface area contributed by atoms with Crippen LogP contribution in [0.4, 0.5) is 4.79 Å². The van der Waals surface area contributed by atoms with Crippen molar-refractivity contribution >= 4 is 39.4 Å². The first kappa shape index (κ1) is 36.8. The van der Waals surface area contributed by atoms with Gasteiger partial charge in [0.15, 0.2) is 9.84 Å². The number of amides is 5. The number of nitrogens with one attached hydrogen (secondary N) is 3. The molecule has 0 radical (unpaired) electrons. The Morgan fingerprint density at radius 1 is 0.939 bits per heavy atom. The Hall–Kier alpha value is -3.48. The van der Waals surface area contributed by atoms with Crippen LogP contribution < -0.4 is 21.7 Å². The zero-order chi connectivity index (χ0) is 35.7. The van der Waals surface area contributed by atoms with Crippen molar-refractivity contribution in [1.29, 1.82) is 0 Å². The number of carbonyl (C=O) groups excluding carboxylic acids is 5. The van der Waals surface area contributed by atoms with Gasteiger partial charge in [0.05, 0.1) is 17.5 Å². The molecule has 1 aliphatic heterocycles. The molecule has 0 spiro atoms. The fourth-order valence-electron chi connectivity index (χ4n) is 8.10. The number of Topliss-reactive ketones (excluding diaryl/α,β-unsaturated/α-hetero) is 1. The van der Waals surface area contributed by atoms with Crippen LogP contribution in [-0.2, 0) is 34.8 Å². The molecule has 270 valence electrons. The van der Waals surface area contributed by atoms with Crippen molar-refractivity contribution in [3.63, 3.8) is 0 Å². The van der Waals surface area contributed by atoms with E-state index in [9.17, 15) is 32.4 Å². The number of fused-ring (bicyclic) bond motifs is 1. The van der Waals surface area contributed by atoms with Crippen molar-refractivity contribution in [2.75, 3.05) is 12.3 Å². The number of sulfone groups is 1. The van der Waals surface area contributed by atoms with Gasteiger partial charge in [0.2, 0.25) is 17.6 Å². The number of primary amides is 1. The first-order valence-electron chi connectivity index (χ1n) is 17.8. The van der Waals surface area contributed by atoms with E-state index in [1.807, 2.05) is 19.9 Å². The quantitative estimate of drug-likeness (QED) is 0.203. The molecule has 4 fully saturated rings. The molecule has 6 atom stereocenters. The molecule has 5 N–H and O–H groups in total. The molecule has 1 aromatic carbocycles. The van der Waals surface area contributed by atoms with E-state index in [2.05, 4.69) is 29.8 Å². The predicted octanol–water partition coefficient (Wildman–Crippen LogP) is 2.70. The third-order valence-corrected chi connectivity index (χ3v) is 13.0. The van der Waals surface area contributed by atoms with E-state index in [1.54, 1.807) is 29.2 Å². The van der Waals surface area contributed by atoms with E-state index < -0.39 is 57.6 Å². The topological polar surface area (TPSA) is 185 Å². The van der Waals surface area contributed by atoms with Crippen LogP contribution in [0.5, 0.6) is 0 Å². The second-order valence-corrected chi connectivity index (χ2v) is 17.9. The third kappa shape index (κ3) is 8.82. The number of urea groups is 1. The molecule has 13 heteroatoms. The van der Waals surface area contributed by atoms with Gasteiger partial charge in [-0.2, -0.15) is 0 Å². The highest BCUT2D eigenvalue weighted by Crippen LogP contribution is 2.65. The number of rotatable bonds is 15. The Balaban J connectivity index is 1.32. The minimum Gasteiger partial charge on any atom is -0.363 e. The molecule has 5 rings (SSSR count). The number of nitrogens with two attached hydrogens (primary N) is 1. The van der Waals surface area contributed by atoms with Crippen LogP contribution in [0.2, 0.25) is 0 Å². The number of hydrogen-bond acceptors (Lipinski definition) is 7. The molecule has 4 aliphatic rings. The van der Waals surface area contributed by atoms with Crippen LogP contribution in [0.1, 0.15) is 84.6 Å². The number of hydrogen-bond donors (Lipinski definition) is 4. The minimum absolute atomic E-state index is 0.0712. The van der Waals surface area contributed by atoms with Gasteiger partial charge < -0.3 is 26.6 Å². The summed E-state index contributed by atoms with van der Waals surface area (Å²) >= 11 is 0. The third-order valence-electron chi connectivity index (χ3n) is 11.4. The number of piperidine rings is 1. The van der Waals surface area contributed by atoms with Gasteiger partial charge in [-0.1, -0.05) is 90.1 Å². The summed E-state index contributed by atoms with van der Waals surface area (Å²) < 4.78 is 26.3. The zero-order valence-corrected chi connectivity index (χ0v) is 30.0. The average Bonchev–Trinajstić information content (AvgIpc) is 3.90. The molecular weight excluding hydrogens is 646 g/mol. The monoisotopic (exact) mass is 699 g/mol. The van der Waals surface area contributed by atoms with Crippen molar-refractivity contribution < 1.29 is 32.4 Å². The Kier molecular flexibility index (Phi) is 11.1. The highest BCUT2D eigenvalue weighted by Gasteiger charge is 2.69. The van der Waals surface area contributed by atoms with Crippen LogP contribution in [0.25, 0.3) is 0 Å². The Labute approximate surface area is 290 Å². The van der Waals surface area contributed by atoms with Crippen molar-refractivity contribution in [1.82, 2.24) is 20.9 Å². The molecule has 4 unspecified atom stereocenters. The number of benzene rings is 1. The molecule has 12 nitrogen and oxygen atoms in total. The lowest BCUT2D eigenvalue weighted by atomic mass is 9.83. The molecule has 5 amide bonds. The average molecular weight is 700 g/mol. The van der Waals surface area contributed by atoms with Crippen molar-refractivity contribution in [2.24, 2.45) is 40.7 Å². The fourth-order valence-corrected chi connectivity index (χ4v) is 9.93. The van der Waals surface area contributed by atoms with Gasteiger partial charge in [-0.25, -0.2) is 13.2 Å². The van der Waals surface area contributed by atoms with Crippen molar-refractivity contribution in [3.8, 4) is 0 Å². The van der Waals surface area contributed by atoms with Gasteiger partial charge in [0.25, 0.3) is 5.91 Å². The second-order valence-electron chi connectivity index (χ2n) is 15.7. The molecule has 3 saturated carbocycles. The lowest BCUT2D eigenvalue weighted by molar-refractivity contribution is -0.144. The maximum Gasteiger partial charge on any atom is 0.315 e. The summed E-state index contributed by atoms with van der Waals surface area (Å²) in [6.45, 7) is 8.14. The fraction of sp³-hybridized carbons (Fsp3) is 0.694. The summed E-state index contributed by atoms with van der Waals surface area (Å²) in [6, 6.07) is 4.75. The highest BCUT2D eigenvalue weighted by atomic mass is 32.2. The van der Waals surface area contributed by atoms with Crippen molar-refractivity contribution in [3.05, 3.63) is 35.9 Å². The van der Waals surface area contributed by atoms with E-state index in [1.165, 1.54) is 0 Å². The van der Waals surface area contributed by atoms with E-state index in [4.69, 9.17) is 5.73 Å². The smallest absolute Gasteiger partial charge is 0.315 e. The minimum atomic E-state index is -3.57. The van der Waals surface area contributed by atoms with Gasteiger partial charge >= 0.3 is 6.03 Å². The summed E-state index contributed by atoms with van der Waals surface area (Å²) in [5, 5.41) is 8.56. The van der Waals surface area contributed by atoms with Gasteiger partial charge in [0, 0.05) is 12.6 Å². The molecular formula is C36H53N5O7S. The largest absolute Gasteiger partial charge is 0.363 e. The Bertz CT molecular complexity index is 1520. The molecule has 0 aromatic heterocycles. The van der Waals surface area contributed by atoms with E-state index in [0.29, 0.717) is 18.5 Å². The standard InChI is InChI=1S/C36H53N5O7S/c1-21(2)27(20-49(47,48)19-23-11-7-5-8-12-23)39-35(46)40-29(24-13-9-6-10-14-24)34(45)41-18-25-28(36(25,3)4)30(41)33(44)38-26(17-22-15-16-22)31(42)32(37)43/h5,7-8,11-12,21-22,24-30H,6,9-10,13-20H2,1-4H3,(H2,37,43)(H,38,44)(H2,39,40,46)/t25?,26?,27?,28?,29-,30-/m0/s1. The van der Waals surface area contributed by atoms with Crippen molar-refractivity contribution in [2.45, 2.75) is 109 Å². The van der Waals surface area contributed by atoms with Crippen LogP contribution in [0, 0.1) is 35.0 Å². The van der Waals surface area contributed by atoms with Gasteiger partial charge in [0.1, 0.15) is 12.1 Å². The Morgan fingerprint density at radius 2 is 1.59 bits per heavy atom. The van der Waals surface area contributed by atoms with Gasteiger partial charge in [-0.15, -0.1) is 0 Å². The first-order valence-corrected chi connectivity index (χ1v) is 19.7. The molecule has 1 saturated heterocycles. The normalized spacial score (nSPS) is 25.1. The lowest BCUT2D eigenvalue weighted by Crippen LogP contribution is -2.61. The Morgan fingerprint density at radius 3 is 2.18 bits per heavy atom. The SMILES string of the molecule is CC(C)C(CS(=O)(=O)Cc1ccccc1)NC(=O)N[C@H](C(=O)N1CC2C([C@H]1C(=O)NC(CC1CC1)C(=O)C(N)=O)C2(C)C)C1CCCCC1.